The van der Waals surface area contributed by atoms with E-state index < -0.39 is 0 Å². The number of carbonyl (C=O) groups is 1. The molecule has 18 heavy (non-hydrogen) atoms. The van der Waals surface area contributed by atoms with Crippen LogP contribution in [0.4, 0.5) is 0 Å². The summed E-state index contributed by atoms with van der Waals surface area (Å²) in [7, 11) is 1.77. The Morgan fingerprint density at radius 1 is 1.44 bits per heavy atom. The summed E-state index contributed by atoms with van der Waals surface area (Å²) in [6.07, 6.45) is 3.10. The van der Waals surface area contributed by atoms with Crippen molar-refractivity contribution < 1.29 is 4.79 Å². The molecule has 0 spiro atoms. The van der Waals surface area contributed by atoms with E-state index in [-0.39, 0.29) is 23.7 Å². The van der Waals surface area contributed by atoms with Gasteiger partial charge in [0.2, 0.25) is 0 Å². The number of imidazole rings is 1. The minimum Gasteiger partial charge on any atom is -0.348 e. The molecule has 0 bridgehead atoms. The van der Waals surface area contributed by atoms with Crippen LogP contribution >= 0.6 is 0 Å². The smallest absolute Gasteiger partial charge is 0.198 e. The molecule has 0 aliphatic heterocycles. The Kier molecular flexibility index (Phi) is 2.94. The summed E-state index contributed by atoms with van der Waals surface area (Å²) in [6, 6.07) is 7.17. The van der Waals surface area contributed by atoms with Gasteiger partial charge in [-0.1, -0.05) is 0 Å². The van der Waals surface area contributed by atoms with E-state index in [4.69, 9.17) is 10.5 Å². The molecular formula is C12H9N5O. The summed E-state index contributed by atoms with van der Waals surface area (Å²) < 4.78 is 3.09. The van der Waals surface area contributed by atoms with Gasteiger partial charge in [0.1, 0.15) is 12.1 Å². The first-order valence-electron chi connectivity index (χ1n) is 5.17. The van der Waals surface area contributed by atoms with Gasteiger partial charge in [-0.15, -0.1) is 0 Å². The van der Waals surface area contributed by atoms with E-state index >= 15 is 0 Å². The number of rotatable bonds is 3. The number of Topliss-reactive ketones (excluding diaryl/α,β-unsaturated/α-hetero) is 1. The molecular weight excluding hydrogens is 230 g/mol. The van der Waals surface area contributed by atoms with Crippen LogP contribution in [0.2, 0.25) is 0 Å². The quantitative estimate of drug-likeness (QED) is 0.743. The van der Waals surface area contributed by atoms with Crippen molar-refractivity contribution in [2.24, 2.45) is 7.05 Å². The Labute approximate surface area is 103 Å². The molecule has 0 saturated carbocycles. The lowest BCUT2D eigenvalue weighted by atomic mass is 10.2. The third-order valence-electron chi connectivity index (χ3n) is 2.59. The lowest BCUT2D eigenvalue weighted by Crippen LogP contribution is -2.14. The summed E-state index contributed by atoms with van der Waals surface area (Å²) in [5.74, 6) is -0.138. The fourth-order valence-corrected chi connectivity index (χ4v) is 1.69. The maximum Gasteiger partial charge on any atom is 0.198 e. The van der Waals surface area contributed by atoms with Crippen molar-refractivity contribution in [1.29, 1.82) is 10.5 Å². The molecule has 0 saturated heterocycles. The van der Waals surface area contributed by atoms with Crippen LogP contribution in [0.25, 0.3) is 0 Å². The summed E-state index contributed by atoms with van der Waals surface area (Å²) in [5, 5.41) is 17.7. The standard InChI is InChI=1S/C12H9N5O/c1-16-4-2-3-10(16)12(18)7-17-8-15-9(5-13)11(17)6-14/h2-4,8H,7H2,1H3. The van der Waals surface area contributed by atoms with E-state index in [1.165, 1.54) is 10.9 Å². The van der Waals surface area contributed by atoms with E-state index in [1.807, 2.05) is 12.1 Å². The molecule has 6 heteroatoms. The number of hydrogen-bond donors (Lipinski definition) is 0. The Balaban J connectivity index is 2.29. The van der Waals surface area contributed by atoms with Crippen molar-refractivity contribution in [2.75, 3.05) is 0 Å². The first-order chi connectivity index (χ1) is 8.67. The fraction of sp³-hybridized carbons (Fsp3) is 0.167. The van der Waals surface area contributed by atoms with Crippen LogP contribution in [0.3, 0.4) is 0 Å². The number of carbonyl (C=O) groups excluding carboxylic acids is 1. The molecule has 6 nitrogen and oxygen atoms in total. The van der Waals surface area contributed by atoms with Crippen molar-refractivity contribution >= 4 is 5.78 Å². The lowest BCUT2D eigenvalue weighted by molar-refractivity contribution is 0.0964. The fourth-order valence-electron chi connectivity index (χ4n) is 1.69. The molecule has 2 aromatic rings. The second-order valence-corrected chi connectivity index (χ2v) is 3.72. The lowest BCUT2D eigenvalue weighted by Gasteiger charge is -2.04. The number of aryl methyl sites for hydroxylation is 1. The van der Waals surface area contributed by atoms with Gasteiger partial charge in [0.25, 0.3) is 0 Å². The number of hydrogen-bond acceptors (Lipinski definition) is 4. The summed E-state index contributed by atoms with van der Waals surface area (Å²) in [4.78, 5) is 15.8. The monoisotopic (exact) mass is 239 g/mol. The van der Waals surface area contributed by atoms with Crippen LogP contribution in [0.5, 0.6) is 0 Å². The van der Waals surface area contributed by atoms with Crippen molar-refractivity contribution in [1.82, 2.24) is 14.1 Å². The van der Waals surface area contributed by atoms with Gasteiger partial charge in [0.15, 0.2) is 17.2 Å². The number of ketones is 1. The predicted molar refractivity (Wildman–Crippen MR) is 61.4 cm³/mol. The third-order valence-corrected chi connectivity index (χ3v) is 2.59. The van der Waals surface area contributed by atoms with Gasteiger partial charge in [0, 0.05) is 13.2 Å². The molecule has 2 heterocycles. The van der Waals surface area contributed by atoms with Crippen molar-refractivity contribution in [3.63, 3.8) is 0 Å². The highest BCUT2D eigenvalue weighted by Crippen LogP contribution is 2.08. The minimum absolute atomic E-state index is 0.00454. The molecule has 0 amide bonds. The zero-order valence-electron chi connectivity index (χ0n) is 9.66. The molecule has 0 N–H and O–H groups in total. The maximum atomic E-state index is 12.0. The Morgan fingerprint density at radius 3 is 2.78 bits per heavy atom. The van der Waals surface area contributed by atoms with Gasteiger partial charge in [-0.25, -0.2) is 4.98 Å². The summed E-state index contributed by atoms with van der Waals surface area (Å²) in [6.45, 7) is -0.00454. The Morgan fingerprint density at radius 2 is 2.22 bits per heavy atom. The zero-order chi connectivity index (χ0) is 13.1. The zero-order valence-corrected chi connectivity index (χ0v) is 9.66. The third kappa shape index (κ3) is 1.87. The van der Waals surface area contributed by atoms with E-state index in [0.717, 1.165) is 0 Å². The van der Waals surface area contributed by atoms with Gasteiger partial charge in [-0.3, -0.25) is 4.79 Å². The average Bonchev–Trinajstić information content (AvgIpc) is 2.94. The molecule has 2 aromatic heterocycles. The number of nitriles is 2. The second kappa shape index (κ2) is 4.56. The van der Waals surface area contributed by atoms with E-state index in [9.17, 15) is 4.79 Å². The summed E-state index contributed by atoms with van der Waals surface area (Å²) in [5.41, 5.74) is 0.698. The molecule has 0 atom stereocenters. The largest absolute Gasteiger partial charge is 0.348 e. The predicted octanol–water partition coefficient (Wildman–Crippen LogP) is 0.848. The van der Waals surface area contributed by atoms with Crippen LogP contribution in [-0.4, -0.2) is 19.9 Å². The van der Waals surface area contributed by atoms with Gasteiger partial charge in [-0.05, 0) is 12.1 Å². The van der Waals surface area contributed by atoms with Crippen molar-refractivity contribution in [3.8, 4) is 12.1 Å². The van der Waals surface area contributed by atoms with E-state index in [0.29, 0.717) is 5.69 Å². The molecule has 88 valence electrons. The first-order valence-corrected chi connectivity index (χ1v) is 5.17. The van der Waals surface area contributed by atoms with Gasteiger partial charge in [0.05, 0.1) is 18.6 Å². The van der Waals surface area contributed by atoms with Gasteiger partial charge < -0.3 is 9.13 Å². The highest BCUT2D eigenvalue weighted by atomic mass is 16.1. The molecule has 0 aromatic carbocycles. The van der Waals surface area contributed by atoms with Crippen LogP contribution in [0, 0.1) is 22.7 Å². The molecule has 0 fully saturated rings. The highest BCUT2D eigenvalue weighted by molar-refractivity contribution is 5.94. The van der Waals surface area contributed by atoms with Crippen LogP contribution in [0.1, 0.15) is 21.9 Å². The van der Waals surface area contributed by atoms with Crippen LogP contribution < -0.4 is 0 Å². The minimum atomic E-state index is -0.138. The SMILES string of the molecule is Cn1cccc1C(=O)Cn1cnc(C#N)c1C#N. The normalized spacial score (nSPS) is 9.72. The molecule has 0 aliphatic rings. The van der Waals surface area contributed by atoms with Crippen molar-refractivity contribution in [3.05, 3.63) is 41.7 Å². The second-order valence-electron chi connectivity index (χ2n) is 3.72. The number of nitrogens with zero attached hydrogens (tertiary/aromatic N) is 5. The maximum absolute atomic E-state index is 12.0. The molecule has 0 aliphatic carbocycles. The van der Waals surface area contributed by atoms with Crippen molar-refractivity contribution in [2.45, 2.75) is 6.54 Å². The Bertz CT molecular complexity index is 680. The topological polar surface area (TPSA) is 87.4 Å². The number of aromatic nitrogens is 3. The van der Waals surface area contributed by atoms with Crippen LogP contribution in [-0.2, 0) is 13.6 Å². The van der Waals surface area contributed by atoms with Gasteiger partial charge >= 0.3 is 0 Å². The first kappa shape index (κ1) is 11.6. The Hall–Kier alpha value is -2.86. The highest BCUT2D eigenvalue weighted by Gasteiger charge is 2.15. The van der Waals surface area contributed by atoms with Gasteiger partial charge in [-0.2, -0.15) is 10.5 Å². The van der Waals surface area contributed by atoms with Crippen LogP contribution in [0.15, 0.2) is 24.7 Å². The summed E-state index contributed by atoms with van der Waals surface area (Å²) >= 11 is 0. The molecule has 0 unspecified atom stereocenters. The average molecular weight is 239 g/mol. The molecule has 2 rings (SSSR count). The van der Waals surface area contributed by atoms with E-state index in [2.05, 4.69) is 4.98 Å². The molecule has 0 radical (unpaired) electrons. The van der Waals surface area contributed by atoms with E-state index in [1.54, 1.807) is 29.9 Å².